The Bertz CT molecular complexity index is 2270. The van der Waals surface area contributed by atoms with Crippen LogP contribution in [0.5, 0.6) is 0 Å². The summed E-state index contributed by atoms with van der Waals surface area (Å²) < 4.78 is 47.8. The first kappa shape index (κ1) is 60.0. The zero-order valence-electron chi connectivity index (χ0n) is 45.2. The van der Waals surface area contributed by atoms with Crippen LogP contribution >= 0.6 is 0 Å². The van der Waals surface area contributed by atoms with Crippen LogP contribution in [-0.4, -0.2) is 211 Å². The number of carboxylic acid groups (broad SMARTS) is 1. The molecular formula is C54H82O23. The van der Waals surface area contributed by atoms with Crippen molar-refractivity contribution in [3.8, 4) is 0 Å². The van der Waals surface area contributed by atoms with Gasteiger partial charge < -0.3 is 98.9 Å². The van der Waals surface area contributed by atoms with Gasteiger partial charge in [-0.1, -0.05) is 59.3 Å². The van der Waals surface area contributed by atoms with Crippen LogP contribution in [-0.2, 0) is 57.1 Å². The van der Waals surface area contributed by atoms with E-state index in [9.17, 15) is 75.3 Å². The zero-order valence-corrected chi connectivity index (χ0v) is 45.2. The van der Waals surface area contributed by atoms with E-state index in [0.717, 1.165) is 11.9 Å². The molecule has 77 heavy (non-hydrogen) atoms. The molecule has 0 aromatic heterocycles. The number of carboxylic acids is 1. The maximum Gasteiger partial charge on any atom is 0.335 e. The SMILES string of the molecule is C/C=C(/C)C(=O)O[C@H]1[C@H](O)[C@]2(COC(C)=O)[C@H](O)C[C@]3(C)C(=CC[C@@H]4[C@@]5(C)CC[C@H](O[C@@H]6O[C@H](C(=O)O)[C@@H](O)[C@H](O[C@@H]7OC[C@@H](O)[C@@H](O)[C@@H]7O)[C@H]6O[C@@H]6O[C@H](CO)[C@H](O)[C@H](O)[C@H]6O)[C@@](C)(C=O)[C@@H]5CC[C@]43C)[C@@H]2CC1(C)C. The molecule has 3 heterocycles. The third kappa shape index (κ3) is 9.65. The molecule has 26 atom stereocenters. The van der Waals surface area contributed by atoms with Crippen molar-refractivity contribution in [1.82, 2.24) is 0 Å². The van der Waals surface area contributed by atoms with Crippen molar-refractivity contribution in [3.63, 3.8) is 0 Å². The highest BCUT2D eigenvalue weighted by atomic mass is 16.8. The molecule has 0 aromatic carbocycles. The van der Waals surface area contributed by atoms with E-state index in [1.165, 1.54) is 6.92 Å². The molecule has 0 radical (unpaired) electrons. The maximum absolute atomic E-state index is 14.0. The molecule has 5 aliphatic carbocycles. The van der Waals surface area contributed by atoms with E-state index in [1.807, 2.05) is 13.8 Å². The number of aldehydes is 1. The van der Waals surface area contributed by atoms with Gasteiger partial charge in [0, 0.05) is 17.9 Å². The Balaban J connectivity index is 1.13. The average molecular weight is 1100 g/mol. The molecule has 3 saturated heterocycles. The lowest BCUT2D eigenvalue weighted by atomic mass is 9.33. The summed E-state index contributed by atoms with van der Waals surface area (Å²) in [7, 11) is 0. The number of fused-ring (bicyclic) bond motifs is 7. The molecule has 0 unspecified atom stereocenters. The van der Waals surface area contributed by atoms with Crippen LogP contribution in [0.1, 0.15) is 107 Å². The number of aliphatic hydroxyl groups is 10. The highest BCUT2D eigenvalue weighted by Crippen LogP contribution is 2.76. The second kappa shape index (κ2) is 21.7. The molecule has 23 nitrogen and oxygen atoms in total. The van der Waals surface area contributed by atoms with Crippen molar-refractivity contribution >= 4 is 24.2 Å². The number of aliphatic carboxylic acids is 1. The molecule has 11 N–H and O–H groups in total. The summed E-state index contributed by atoms with van der Waals surface area (Å²) in [5.74, 6) is -3.96. The smallest absolute Gasteiger partial charge is 0.335 e. The second-order valence-electron chi connectivity index (χ2n) is 24.9. The Morgan fingerprint density at radius 3 is 2.05 bits per heavy atom. The molecule has 8 aliphatic rings. The zero-order chi connectivity index (χ0) is 56.9. The topological polar surface area (TPSA) is 365 Å². The molecule has 0 spiro atoms. The van der Waals surface area contributed by atoms with E-state index in [0.29, 0.717) is 37.7 Å². The third-order valence-corrected chi connectivity index (χ3v) is 20.5. The number of aliphatic hydroxyl groups excluding tert-OH is 10. The van der Waals surface area contributed by atoms with Crippen molar-refractivity contribution in [1.29, 1.82) is 0 Å². The highest BCUT2D eigenvalue weighted by molar-refractivity contribution is 5.87. The van der Waals surface area contributed by atoms with Gasteiger partial charge in [-0.25, -0.2) is 9.59 Å². The summed E-state index contributed by atoms with van der Waals surface area (Å²) in [6.07, 6.45) is -24.0. The molecule has 7 fully saturated rings. The normalized spacial score (nSPS) is 50.6. The third-order valence-electron chi connectivity index (χ3n) is 20.5. The molecule has 436 valence electrons. The van der Waals surface area contributed by atoms with Gasteiger partial charge in [-0.15, -0.1) is 0 Å². The minimum atomic E-state index is -2.17. The number of esters is 2. The van der Waals surface area contributed by atoms with E-state index in [4.69, 9.17) is 37.9 Å². The number of carbonyl (C=O) groups is 4. The second-order valence-corrected chi connectivity index (χ2v) is 24.9. The van der Waals surface area contributed by atoms with Crippen LogP contribution in [0.15, 0.2) is 23.3 Å². The molecule has 3 aliphatic heterocycles. The Morgan fingerprint density at radius 1 is 0.766 bits per heavy atom. The predicted octanol–water partition coefficient (Wildman–Crippen LogP) is -0.475. The van der Waals surface area contributed by atoms with Gasteiger partial charge in [0.2, 0.25) is 0 Å². The fraction of sp³-hybridized carbons (Fsp3) is 0.852. The number of allylic oxidation sites excluding steroid dienone is 3. The summed E-state index contributed by atoms with van der Waals surface area (Å²) >= 11 is 0. The van der Waals surface area contributed by atoms with Crippen molar-refractivity contribution in [2.24, 2.45) is 50.2 Å². The lowest BCUT2D eigenvalue weighted by molar-refractivity contribution is -0.391. The van der Waals surface area contributed by atoms with E-state index >= 15 is 0 Å². The molecule has 0 bridgehead atoms. The van der Waals surface area contributed by atoms with Crippen LogP contribution in [0.3, 0.4) is 0 Å². The van der Waals surface area contributed by atoms with E-state index in [1.54, 1.807) is 26.8 Å². The van der Waals surface area contributed by atoms with Crippen LogP contribution in [0, 0.1) is 50.2 Å². The van der Waals surface area contributed by atoms with Gasteiger partial charge in [0.05, 0.1) is 36.3 Å². The number of carbonyl (C=O) groups excluding carboxylic acids is 3. The number of hydrogen-bond acceptors (Lipinski definition) is 22. The minimum absolute atomic E-state index is 0.122. The summed E-state index contributed by atoms with van der Waals surface area (Å²) in [6, 6.07) is 0. The van der Waals surface area contributed by atoms with Crippen molar-refractivity contribution < 1.29 is 113 Å². The maximum atomic E-state index is 14.0. The number of rotatable bonds is 13. The fourth-order valence-corrected chi connectivity index (χ4v) is 15.7. The first-order valence-electron chi connectivity index (χ1n) is 26.9. The first-order valence-corrected chi connectivity index (χ1v) is 26.9. The molecule has 0 aromatic rings. The number of hydrogen-bond donors (Lipinski definition) is 11. The Morgan fingerprint density at radius 2 is 1.43 bits per heavy atom. The molecule has 4 saturated carbocycles. The molecular weight excluding hydrogens is 1020 g/mol. The van der Waals surface area contributed by atoms with Gasteiger partial charge in [-0.2, -0.15) is 0 Å². The Hall–Kier alpha value is -3.08. The molecule has 0 amide bonds. The van der Waals surface area contributed by atoms with Crippen LogP contribution < -0.4 is 0 Å². The Labute approximate surface area is 447 Å². The van der Waals surface area contributed by atoms with Gasteiger partial charge in [0.25, 0.3) is 0 Å². The summed E-state index contributed by atoms with van der Waals surface area (Å²) in [5, 5.41) is 121. The summed E-state index contributed by atoms with van der Waals surface area (Å²) in [4.78, 5) is 52.7. The van der Waals surface area contributed by atoms with Gasteiger partial charge in [-0.05, 0) is 92.8 Å². The van der Waals surface area contributed by atoms with Crippen molar-refractivity contribution in [3.05, 3.63) is 23.3 Å². The van der Waals surface area contributed by atoms with Crippen LogP contribution in [0.25, 0.3) is 0 Å². The average Bonchev–Trinajstić information content (AvgIpc) is 3.51. The van der Waals surface area contributed by atoms with Gasteiger partial charge in [-0.3, -0.25) is 4.79 Å². The van der Waals surface area contributed by atoms with Crippen LogP contribution in [0.2, 0.25) is 0 Å². The first-order chi connectivity index (χ1) is 35.9. The lowest BCUT2D eigenvalue weighted by Gasteiger charge is -2.72. The lowest BCUT2D eigenvalue weighted by Crippen LogP contribution is -2.72. The minimum Gasteiger partial charge on any atom is -0.479 e. The van der Waals surface area contributed by atoms with Crippen molar-refractivity contribution in [2.45, 2.75) is 218 Å². The van der Waals surface area contributed by atoms with Gasteiger partial charge >= 0.3 is 17.9 Å². The molecule has 8 rings (SSSR count). The van der Waals surface area contributed by atoms with Crippen molar-refractivity contribution in [2.75, 3.05) is 19.8 Å². The van der Waals surface area contributed by atoms with Gasteiger partial charge in [0.15, 0.2) is 25.0 Å². The standard InChI is InChI=1S/C54H82O23/c1-10-23(2)45(69)77-43-42(66)54(22-71-24(3)57)26(17-49(43,4)5)25-11-12-30-50(6)15-14-32(51(7,21-56)29(50)13-16-52(30,8)53(25,9)18-31(54)59)73-48-41(76-47-37(64)35(62)34(61)28(19-55)72-47)39(38(65)40(75-48)44(67)68)74-46-36(63)33(60)27(58)20-70-46/h10-11,21,26-43,46-48,55,58-66H,12-20,22H2,1-9H3,(H,67,68)/b23-10-/t26-,27+,28+,29+,30+,31+,32-,33+,34-,35-,36-,37+,38-,39-,40-,41+,42-,43-,46-,47-,48+,50-,51-,52+,53+,54-/m0/s1. The predicted molar refractivity (Wildman–Crippen MR) is 262 cm³/mol. The van der Waals surface area contributed by atoms with E-state index < -0.39 is 186 Å². The fourth-order valence-electron chi connectivity index (χ4n) is 15.7. The highest BCUT2D eigenvalue weighted by Gasteiger charge is 2.74. The van der Waals surface area contributed by atoms with Gasteiger partial charge in [0.1, 0.15) is 86.1 Å². The summed E-state index contributed by atoms with van der Waals surface area (Å²) in [6.45, 7) is 14.9. The largest absolute Gasteiger partial charge is 0.479 e. The summed E-state index contributed by atoms with van der Waals surface area (Å²) in [5.41, 5.74) is -4.13. The van der Waals surface area contributed by atoms with Crippen LogP contribution in [0.4, 0.5) is 0 Å². The number of ether oxygens (including phenoxy) is 8. The Kier molecular flexibility index (Phi) is 16.9. The monoisotopic (exact) mass is 1100 g/mol. The van der Waals surface area contributed by atoms with E-state index in [-0.39, 0.29) is 25.4 Å². The molecule has 23 heteroatoms. The quantitative estimate of drug-likeness (QED) is 0.0365. The van der Waals surface area contributed by atoms with E-state index in [2.05, 4.69) is 26.8 Å².